The second-order valence-electron chi connectivity index (χ2n) is 5.97. The van der Waals surface area contributed by atoms with Crippen LogP contribution in [0.5, 0.6) is 0 Å². The highest BCUT2D eigenvalue weighted by molar-refractivity contribution is 5.95. The number of piperidine rings is 1. The molecule has 20 heavy (non-hydrogen) atoms. The maximum Gasteiger partial charge on any atom is 0.321 e. The fourth-order valence-corrected chi connectivity index (χ4v) is 2.38. The van der Waals surface area contributed by atoms with Gasteiger partial charge in [-0.1, -0.05) is 13.8 Å². The molecule has 1 atom stereocenters. The molecule has 4 N–H and O–H groups in total. The Morgan fingerprint density at radius 2 is 2.15 bits per heavy atom. The van der Waals surface area contributed by atoms with Crippen LogP contribution in [0.2, 0.25) is 0 Å². The van der Waals surface area contributed by atoms with E-state index in [2.05, 4.69) is 29.4 Å². The Morgan fingerprint density at radius 1 is 1.40 bits per heavy atom. The van der Waals surface area contributed by atoms with Gasteiger partial charge in [-0.05, 0) is 44.2 Å². The molecule has 1 aliphatic heterocycles. The van der Waals surface area contributed by atoms with E-state index in [1.807, 2.05) is 0 Å². The smallest absolute Gasteiger partial charge is 0.321 e. The van der Waals surface area contributed by atoms with Gasteiger partial charge < -0.3 is 11.1 Å². The fraction of sp³-hybridized carbons (Fsp3) is 0.857. The predicted octanol–water partition coefficient (Wildman–Crippen LogP) is 0.529. The van der Waals surface area contributed by atoms with Gasteiger partial charge >= 0.3 is 6.03 Å². The zero-order chi connectivity index (χ0) is 15.0. The van der Waals surface area contributed by atoms with E-state index < -0.39 is 6.03 Å². The highest BCUT2D eigenvalue weighted by Crippen LogP contribution is 2.14. The van der Waals surface area contributed by atoms with Crippen LogP contribution in [0.15, 0.2) is 0 Å². The lowest BCUT2D eigenvalue weighted by molar-refractivity contribution is -0.121. The van der Waals surface area contributed by atoms with Gasteiger partial charge in [0.25, 0.3) is 0 Å². The Morgan fingerprint density at radius 3 is 2.80 bits per heavy atom. The first-order valence-electron chi connectivity index (χ1n) is 7.51. The van der Waals surface area contributed by atoms with Crippen molar-refractivity contribution < 1.29 is 9.59 Å². The molecule has 116 valence electrons. The van der Waals surface area contributed by atoms with E-state index in [1.54, 1.807) is 0 Å². The molecule has 0 aromatic heterocycles. The number of nitrogens with one attached hydrogen (secondary N) is 2. The summed E-state index contributed by atoms with van der Waals surface area (Å²) in [4.78, 5) is 25.4. The van der Waals surface area contributed by atoms with E-state index in [9.17, 15) is 9.59 Å². The Bertz CT molecular complexity index is 320. The average molecular weight is 284 g/mol. The van der Waals surface area contributed by atoms with Gasteiger partial charge in [0.2, 0.25) is 5.91 Å². The number of nitrogens with zero attached hydrogens (tertiary/aromatic N) is 1. The Labute approximate surface area is 121 Å². The monoisotopic (exact) mass is 284 g/mol. The Balaban J connectivity index is 2.20. The second kappa shape index (κ2) is 8.92. The van der Waals surface area contributed by atoms with Crippen molar-refractivity contribution in [3.63, 3.8) is 0 Å². The number of hydrogen-bond donors (Lipinski definition) is 3. The lowest BCUT2D eigenvalue weighted by atomic mass is 9.98. The van der Waals surface area contributed by atoms with Crippen molar-refractivity contribution >= 4 is 11.9 Å². The maximum absolute atomic E-state index is 11.8. The molecule has 0 aromatic rings. The van der Waals surface area contributed by atoms with Crippen molar-refractivity contribution in [1.29, 1.82) is 0 Å². The van der Waals surface area contributed by atoms with Gasteiger partial charge in [0.05, 0.1) is 6.54 Å². The normalized spacial score (nSPS) is 19.9. The lowest BCUT2D eigenvalue weighted by Gasteiger charge is -2.31. The number of nitrogens with two attached hydrogens (primary N) is 1. The van der Waals surface area contributed by atoms with Crippen LogP contribution < -0.4 is 16.4 Å². The number of urea groups is 1. The molecule has 1 saturated heterocycles. The molecule has 3 amide bonds. The van der Waals surface area contributed by atoms with Crippen molar-refractivity contribution in [2.24, 2.45) is 17.6 Å². The molecule has 1 heterocycles. The number of hydrogen-bond acceptors (Lipinski definition) is 4. The Kier molecular flexibility index (Phi) is 7.54. The van der Waals surface area contributed by atoms with E-state index in [-0.39, 0.29) is 12.5 Å². The molecular formula is C14H28N4O2. The van der Waals surface area contributed by atoms with Gasteiger partial charge in [0.15, 0.2) is 0 Å². The van der Waals surface area contributed by atoms with E-state index in [4.69, 9.17) is 5.73 Å². The molecule has 1 unspecified atom stereocenters. The number of likely N-dealkylation sites (tertiary alicyclic amines) is 1. The molecule has 0 saturated carbocycles. The van der Waals surface area contributed by atoms with Crippen molar-refractivity contribution in [3.8, 4) is 0 Å². The highest BCUT2D eigenvalue weighted by atomic mass is 16.2. The number of rotatable bonds is 6. The molecule has 6 nitrogen and oxygen atoms in total. The third kappa shape index (κ3) is 6.86. The van der Waals surface area contributed by atoms with Gasteiger partial charge in [0, 0.05) is 13.1 Å². The summed E-state index contributed by atoms with van der Waals surface area (Å²) in [5, 5.41) is 5.06. The van der Waals surface area contributed by atoms with Gasteiger partial charge in [-0.25, -0.2) is 4.79 Å². The largest absolute Gasteiger partial charge is 0.338 e. The lowest BCUT2D eigenvalue weighted by Crippen LogP contribution is -2.47. The van der Waals surface area contributed by atoms with Crippen molar-refractivity contribution in [1.82, 2.24) is 15.5 Å². The van der Waals surface area contributed by atoms with Crippen LogP contribution in [0.3, 0.4) is 0 Å². The third-order valence-electron chi connectivity index (χ3n) is 3.56. The second-order valence-corrected chi connectivity index (χ2v) is 5.97. The summed E-state index contributed by atoms with van der Waals surface area (Å²) in [6.07, 6.45) is 3.10. The minimum absolute atomic E-state index is 0.246. The summed E-state index contributed by atoms with van der Waals surface area (Å²) in [6, 6.07) is -0.400. The first kappa shape index (κ1) is 16.9. The maximum atomic E-state index is 11.8. The van der Waals surface area contributed by atoms with Crippen molar-refractivity contribution in [2.75, 3.05) is 32.7 Å². The number of amides is 3. The van der Waals surface area contributed by atoms with Gasteiger partial charge in [-0.15, -0.1) is 0 Å². The minimum atomic E-state index is -0.400. The molecule has 0 spiro atoms. The standard InChI is InChI=1S/C14H28N4O2/c1-11(2)5-6-16-14(20)17-13(19)10-18-7-3-4-12(8-15)9-18/h11-12H,3-10,15H2,1-2H3,(H2,16,17,19,20). The predicted molar refractivity (Wildman–Crippen MR) is 79.2 cm³/mol. The van der Waals surface area contributed by atoms with Crippen LogP contribution in [0.25, 0.3) is 0 Å². The van der Waals surface area contributed by atoms with E-state index in [0.717, 1.165) is 32.4 Å². The zero-order valence-electron chi connectivity index (χ0n) is 12.7. The summed E-state index contributed by atoms with van der Waals surface area (Å²) >= 11 is 0. The summed E-state index contributed by atoms with van der Waals surface area (Å²) in [6.45, 7) is 7.46. The fourth-order valence-electron chi connectivity index (χ4n) is 2.38. The van der Waals surface area contributed by atoms with Crippen molar-refractivity contribution in [3.05, 3.63) is 0 Å². The van der Waals surface area contributed by atoms with Crippen LogP contribution in [0.1, 0.15) is 33.1 Å². The molecule has 0 aromatic carbocycles. The highest BCUT2D eigenvalue weighted by Gasteiger charge is 2.21. The van der Waals surface area contributed by atoms with Gasteiger partial charge in [-0.3, -0.25) is 15.0 Å². The van der Waals surface area contributed by atoms with Crippen LogP contribution in [-0.4, -0.2) is 49.6 Å². The molecular weight excluding hydrogens is 256 g/mol. The molecule has 0 radical (unpaired) electrons. The van der Waals surface area contributed by atoms with Crippen LogP contribution in [0, 0.1) is 11.8 Å². The van der Waals surface area contributed by atoms with Gasteiger partial charge in [-0.2, -0.15) is 0 Å². The molecule has 0 bridgehead atoms. The van der Waals surface area contributed by atoms with Crippen LogP contribution in [-0.2, 0) is 4.79 Å². The molecule has 1 rings (SSSR count). The molecule has 1 fully saturated rings. The van der Waals surface area contributed by atoms with Crippen LogP contribution in [0.4, 0.5) is 4.79 Å². The number of carbonyl (C=O) groups is 2. The SMILES string of the molecule is CC(C)CCNC(=O)NC(=O)CN1CCCC(CN)C1. The van der Waals surface area contributed by atoms with Crippen LogP contribution >= 0.6 is 0 Å². The topological polar surface area (TPSA) is 87.5 Å². The quantitative estimate of drug-likeness (QED) is 0.664. The summed E-state index contributed by atoms with van der Waals surface area (Å²) in [5.41, 5.74) is 5.66. The summed E-state index contributed by atoms with van der Waals surface area (Å²) in [7, 11) is 0. The first-order valence-corrected chi connectivity index (χ1v) is 7.51. The minimum Gasteiger partial charge on any atom is -0.338 e. The Hall–Kier alpha value is -1.14. The average Bonchev–Trinajstić information content (AvgIpc) is 2.38. The van der Waals surface area contributed by atoms with Crippen molar-refractivity contribution in [2.45, 2.75) is 33.1 Å². The molecule has 1 aliphatic rings. The summed E-state index contributed by atoms with van der Waals surface area (Å²) < 4.78 is 0. The third-order valence-corrected chi connectivity index (χ3v) is 3.56. The first-order chi connectivity index (χ1) is 9.51. The zero-order valence-corrected chi connectivity index (χ0v) is 12.7. The van der Waals surface area contributed by atoms with E-state index >= 15 is 0 Å². The van der Waals surface area contributed by atoms with Gasteiger partial charge in [0.1, 0.15) is 0 Å². The van der Waals surface area contributed by atoms with E-state index in [1.165, 1.54) is 0 Å². The molecule has 0 aliphatic carbocycles. The summed E-state index contributed by atoms with van der Waals surface area (Å²) in [5.74, 6) is 0.758. The number of imide groups is 1. The number of carbonyl (C=O) groups excluding carboxylic acids is 2. The van der Waals surface area contributed by atoms with E-state index in [0.29, 0.717) is 24.9 Å². The molecule has 6 heteroatoms.